The fourth-order valence-electron chi connectivity index (χ4n) is 2.86. The van der Waals surface area contributed by atoms with Gasteiger partial charge in [0.05, 0.1) is 0 Å². The van der Waals surface area contributed by atoms with Gasteiger partial charge in [-0.15, -0.1) is 0 Å². The summed E-state index contributed by atoms with van der Waals surface area (Å²) in [6.07, 6.45) is 2.43. The molecule has 1 atom stereocenters. The fraction of sp³-hybridized carbons (Fsp3) is 0.333. The maximum Gasteiger partial charge on any atom is 0.0418 e. The number of halogens is 1. The molecule has 0 saturated heterocycles. The number of anilines is 1. The predicted molar refractivity (Wildman–Crippen MR) is 92.6 cm³/mol. The van der Waals surface area contributed by atoms with Crippen LogP contribution in [0.1, 0.15) is 36.1 Å². The van der Waals surface area contributed by atoms with Gasteiger partial charge in [0.15, 0.2) is 0 Å². The molecule has 0 bridgehead atoms. The lowest BCUT2D eigenvalue weighted by Crippen LogP contribution is -2.21. The monoisotopic (exact) mass is 344 g/mol. The molecule has 0 aliphatic carbocycles. The Morgan fingerprint density at radius 2 is 2.00 bits per heavy atom. The van der Waals surface area contributed by atoms with Crippen molar-refractivity contribution in [3.05, 3.63) is 63.6 Å². The summed E-state index contributed by atoms with van der Waals surface area (Å²) < 4.78 is 1.12. The van der Waals surface area contributed by atoms with E-state index in [1.165, 1.54) is 35.2 Å². The second kappa shape index (κ2) is 6.63. The molecule has 3 heteroatoms. The molecule has 2 nitrogen and oxygen atoms in total. The van der Waals surface area contributed by atoms with Gasteiger partial charge in [-0.1, -0.05) is 46.3 Å². The van der Waals surface area contributed by atoms with E-state index < -0.39 is 0 Å². The van der Waals surface area contributed by atoms with Gasteiger partial charge in [0, 0.05) is 29.3 Å². The van der Waals surface area contributed by atoms with E-state index in [0.717, 1.165) is 17.6 Å². The molecule has 0 spiro atoms. The van der Waals surface area contributed by atoms with Gasteiger partial charge in [-0.2, -0.15) is 0 Å². The maximum atomic E-state index is 3.63. The summed E-state index contributed by atoms with van der Waals surface area (Å²) in [5.41, 5.74) is 5.49. The first-order valence-corrected chi connectivity index (χ1v) is 8.37. The van der Waals surface area contributed by atoms with Gasteiger partial charge in [0.2, 0.25) is 0 Å². The van der Waals surface area contributed by atoms with Crippen LogP contribution in [-0.4, -0.2) is 6.54 Å². The Kier molecular flexibility index (Phi) is 4.61. The van der Waals surface area contributed by atoms with E-state index in [0.29, 0.717) is 6.04 Å². The average Bonchev–Trinajstić information content (AvgIpc) is 2.53. The Morgan fingerprint density at radius 3 is 2.81 bits per heavy atom. The maximum absolute atomic E-state index is 3.63. The fourth-order valence-corrected chi connectivity index (χ4v) is 3.12. The van der Waals surface area contributed by atoms with Crippen LogP contribution < -0.4 is 10.6 Å². The van der Waals surface area contributed by atoms with Crippen molar-refractivity contribution >= 4 is 21.6 Å². The van der Waals surface area contributed by atoms with E-state index >= 15 is 0 Å². The molecule has 2 aromatic rings. The molecule has 2 N–H and O–H groups in total. The zero-order chi connectivity index (χ0) is 14.7. The van der Waals surface area contributed by atoms with Gasteiger partial charge >= 0.3 is 0 Å². The van der Waals surface area contributed by atoms with Crippen molar-refractivity contribution in [1.29, 1.82) is 0 Å². The molecule has 0 radical (unpaired) electrons. The van der Waals surface area contributed by atoms with Crippen LogP contribution in [0.4, 0.5) is 5.69 Å². The molecular weight excluding hydrogens is 324 g/mol. The standard InChI is InChI=1S/C18H21BrN2/c1-13(14-7-9-17(19)10-8-14)21-12-16-5-2-4-15-6-3-11-20-18(15)16/h2,4-5,7-10,13,20-21H,3,6,11-12H2,1H3. The number of hydrogen-bond acceptors (Lipinski definition) is 2. The Morgan fingerprint density at radius 1 is 1.19 bits per heavy atom. The molecule has 1 unspecified atom stereocenters. The van der Waals surface area contributed by atoms with Crippen LogP contribution in [0.25, 0.3) is 0 Å². The van der Waals surface area contributed by atoms with Crippen LogP contribution in [0.5, 0.6) is 0 Å². The zero-order valence-corrected chi connectivity index (χ0v) is 13.9. The molecule has 0 aromatic heterocycles. The Bertz CT molecular complexity index is 607. The molecule has 0 saturated carbocycles. The summed E-state index contributed by atoms with van der Waals surface area (Å²) in [7, 11) is 0. The zero-order valence-electron chi connectivity index (χ0n) is 12.3. The molecule has 21 heavy (non-hydrogen) atoms. The Labute approximate surface area is 135 Å². The minimum atomic E-state index is 0.345. The molecule has 3 rings (SSSR count). The van der Waals surface area contributed by atoms with Crippen molar-refractivity contribution in [3.8, 4) is 0 Å². The van der Waals surface area contributed by atoms with Crippen molar-refractivity contribution < 1.29 is 0 Å². The Hall–Kier alpha value is -1.32. The van der Waals surface area contributed by atoms with Crippen LogP contribution >= 0.6 is 15.9 Å². The first-order valence-electron chi connectivity index (χ1n) is 7.57. The number of hydrogen-bond donors (Lipinski definition) is 2. The number of rotatable bonds is 4. The highest BCUT2D eigenvalue weighted by Gasteiger charge is 2.13. The van der Waals surface area contributed by atoms with Crippen molar-refractivity contribution in [1.82, 2.24) is 5.32 Å². The predicted octanol–water partition coefficient (Wildman–Crippen LogP) is 4.66. The van der Waals surface area contributed by atoms with E-state index in [9.17, 15) is 0 Å². The summed E-state index contributed by atoms with van der Waals surface area (Å²) in [6.45, 7) is 4.20. The van der Waals surface area contributed by atoms with Gasteiger partial charge in [0.25, 0.3) is 0 Å². The van der Waals surface area contributed by atoms with Crippen LogP contribution in [0.3, 0.4) is 0 Å². The van der Waals surface area contributed by atoms with Crippen molar-refractivity contribution in [2.24, 2.45) is 0 Å². The number of benzene rings is 2. The van der Waals surface area contributed by atoms with Crippen LogP contribution in [0.2, 0.25) is 0 Å². The minimum absolute atomic E-state index is 0.345. The largest absolute Gasteiger partial charge is 0.385 e. The summed E-state index contributed by atoms with van der Waals surface area (Å²) >= 11 is 3.48. The third-order valence-corrected chi connectivity index (χ3v) is 4.66. The quantitative estimate of drug-likeness (QED) is 0.842. The van der Waals surface area contributed by atoms with Gasteiger partial charge in [-0.25, -0.2) is 0 Å². The van der Waals surface area contributed by atoms with Gasteiger partial charge in [-0.3, -0.25) is 0 Å². The second-order valence-corrected chi connectivity index (χ2v) is 6.55. The SMILES string of the molecule is CC(NCc1cccc2c1NCCC2)c1ccc(Br)cc1. The second-order valence-electron chi connectivity index (χ2n) is 5.64. The molecular formula is C18H21BrN2. The van der Waals surface area contributed by atoms with E-state index in [4.69, 9.17) is 0 Å². The molecule has 1 heterocycles. The third-order valence-electron chi connectivity index (χ3n) is 4.13. The summed E-state index contributed by atoms with van der Waals surface area (Å²) in [4.78, 5) is 0. The Balaban J connectivity index is 1.69. The number of nitrogens with one attached hydrogen (secondary N) is 2. The van der Waals surface area contributed by atoms with Crippen molar-refractivity contribution in [3.63, 3.8) is 0 Å². The summed E-state index contributed by atoms with van der Waals surface area (Å²) in [5.74, 6) is 0. The average molecular weight is 345 g/mol. The highest BCUT2D eigenvalue weighted by Crippen LogP contribution is 2.26. The van der Waals surface area contributed by atoms with Crippen molar-refractivity contribution in [2.45, 2.75) is 32.4 Å². The highest BCUT2D eigenvalue weighted by atomic mass is 79.9. The molecule has 2 aromatic carbocycles. The van der Waals surface area contributed by atoms with E-state index in [1.807, 2.05) is 0 Å². The van der Waals surface area contributed by atoms with Crippen LogP contribution in [-0.2, 0) is 13.0 Å². The third kappa shape index (κ3) is 3.47. The molecule has 0 fully saturated rings. The van der Waals surface area contributed by atoms with E-state index in [1.54, 1.807) is 0 Å². The number of para-hydroxylation sites is 1. The number of aryl methyl sites for hydroxylation is 1. The lowest BCUT2D eigenvalue weighted by atomic mass is 9.99. The topological polar surface area (TPSA) is 24.1 Å². The molecule has 1 aliphatic heterocycles. The lowest BCUT2D eigenvalue weighted by Gasteiger charge is -2.22. The first kappa shape index (κ1) is 14.6. The molecule has 110 valence electrons. The van der Waals surface area contributed by atoms with Gasteiger partial charge in [0.1, 0.15) is 0 Å². The van der Waals surface area contributed by atoms with Crippen molar-refractivity contribution in [2.75, 3.05) is 11.9 Å². The van der Waals surface area contributed by atoms with Gasteiger partial charge < -0.3 is 10.6 Å². The van der Waals surface area contributed by atoms with E-state index in [2.05, 4.69) is 76.0 Å². The van der Waals surface area contributed by atoms with Gasteiger partial charge in [-0.05, 0) is 48.6 Å². The summed E-state index contributed by atoms with van der Waals surface area (Å²) in [6, 6.07) is 15.5. The van der Waals surface area contributed by atoms with Crippen LogP contribution in [0, 0.1) is 0 Å². The highest BCUT2D eigenvalue weighted by molar-refractivity contribution is 9.10. The molecule has 1 aliphatic rings. The molecule has 0 amide bonds. The lowest BCUT2D eigenvalue weighted by molar-refractivity contribution is 0.574. The minimum Gasteiger partial charge on any atom is -0.385 e. The summed E-state index contributed by atoms with van der Waals surface area (Å²) in [5, 5.41) is 7.19. The number of fused-ring (bicyclic) bond motifs is 1. The van der Waals surface area contributed by atoms with Crippen LogP contribution in [0.15, 0.2) is 46.9 Å². The normalized spacial score (nSPS) is 15.1. The smallest absolute Gasteiger partial charge is 0.0418 e. The first-order chi connectivity index (χ1) is 10.2. The van der Waals surface area contributed by atoms with E-state index in [-0.39, 0.29) is 0 Å².